The van der Waals surface area contributed by atoms with Gasteiger partial charge in [-0.05, 0) is 33.1 Å². The van der Waals surface area contributed by atoms with Crippen molar-refractivity contribution in [2.24, 2.45) is 5.92 Å². The third kappa shape index (κ3) is 6.82. The summed E-state index contributed by atoms with van der Waals surface area (Å²) in [4.78, 5) is 25.7. The van der Waals surface area contributed by atoms with Crippen molar-refractivity contribution in [3.05, 3.63) is 0 Å². The summed E-state index contributed by atoms with van der Waals surface area (Å²) < 4.78 is 5.27. The summed E-state index contributed by atoms with van der Waals surface area (Å²) in [7, 11) is 3.43. The Morgan fingerprint density at radius 3 is 2.24 bits per heavy atom. The van der Waals surface area contributed by atoms with Crippen molar-refractivity contribution in [2.75, 3.05) is 14.1 Å². The average Bonchev–Trinajstić information content (AvgIpc) is 2.36. The van der Waals surface area contributed by atoms with Crippen molar-refractivity contribution in [1.82, 2.24) is 10.2 Å². The van der Waals surface area contributed by atoms with E-state index in [1.807, 2.05) is 20.8 Å². The summed E-state index contributed by atoms with van der Waals surface area (Å²) >= 11 is 0. The second kappa shape index (κ2) is 7.66. The number of hydrogen-bond donors (Lipinski definition) is 1. The molecular formula is C16H30N2O3. The zero-order chi connectivity index (χ0) is 16.0. The highest BCUT2D eigenvalue weighted by Gasteiger charge is 2.28. The molecule has 0 radical (unpaired) electrons. The molecule has 0 saturated heterocycles. The minimum Gasteiger partial charge on any atom is -0.444 e. The number of amides is 2. The van der Waals surface area contributed by atoms with E-state index in [0.29, 0.717) is 12.3 Å². The Bertz CT molecular complexity index is 355. The molecule has 1 rings (SSSR count). The monoisotopic (exact) mass is 298 g/mol. The van der Waals surface area contributed by atoms with Crippen LogP contribution in [0.3, 0.4) is 0 Å². The van der Waals surface area contributed by atoms with Crippen LogP contribution in [0.5, 0.6) is 0 Å². The lowest BCUT2D eigenvalue weighted by Crippen LogP contribution is -2.48. The largest absolute Gasteiger partial charge is 0.444 e. The molecule has 1 atom stereocenters. The van der Waals surface area contributed by atoms with Gasteiger partial charge in [0.25, 0.3) is 0 Å². The predicted octanol–water partition coefficient (Wildman–Crippen LogP) is 2.94. The van der Waals surface area contributed by atoms with Crippen LogP contribution in [-0.4, -0.2) is 42.6 Å². The lowest BCUT2D eigenvalue weighted by Gasteiger charge is -2.29. The standard InChI is InChI=1S/C16H30N2O3/c1-16(2,3)21-15(20)17-13(14(19)18(4)5)11-12-9-7-6-8-10-12/h12-13H,6-11H2,1-5H3,(H,17,20)/t13-/m0/s1. The minimum absolute atomic E-state index is 0.0635. The minimum atomic E-state index is -0.555. The van der Waals surface area contributed by atoms with Crippen LogP contribution in [0.25, 0.3) is 0 Å². The van der Waals surface area contributed by atoms with Crippen molar-refractivity contribution < 1.29 is 14.3 Å². The lowest BCUT2D eigenvalue weighted by molar-refractivity contribution is -0.131. The zero-order valence-electron chi connectivity index (χ0n) is 14.1. The van der Waals surface area contributed by atoms with Gasteiger partial charge in [0, 0.05) is 14.1 Å². The van der Waals surface area contributed by atoms with Crippen molar-refractivity contribution in [2.45, 2.75) is 70.9 Å². The van der Waals surface area contributed by atoms with E-state index in [4.69, 9.17) is 4.74 Å². The normalized spacial score (nSPS) is 18.0. The predicted molar refractivity (Wildman–Crippen MR) is 83.0 cm³/mol. The first kappa shape index (κ1) is 17.8. The van der Waals surface area contributed by atoms with Crippen LogP contribution in [-0.2, 0) is 9.53 Å². The van der Waals surface area contributed by atoms with E-state index in [0.717, 1.165) is 12.8 Å². The van der Waals surface area contributed by atoms with Gasteiger partial charge < -0.3 is 15.0 Å². The number of carbonyl (C=O) groups is 2. The van der Waals surface area contributed by atoms with Gasteiger partial charge in [0.1, 0.15) is 11.6 Å². The first-order valence-corrected chi connectivity index (χ1v) is 7.89. The molecule has 1 N–H and O–H groups in total. The molecule has 0 heterocycles. The number of nitrogens with one attached hydrogen (secondary N) is 1. The molecule has 1 fully saturated rings. The number of carbonyl (C=O) groups excluding carboxylic acids is 2. The van der Waals surface area contributed by atoms with E-state index >= 15 is 0 Å². The molecule has 2 amide bonds. The summed E-state index contributed by atoms with van der Waals surface area (Å²) in [5.41, 5.74) is -0.555. The van der Waals surface area contributed by atoms with Gasteiger partial charge >= 0.3 is 6.09 Å². The Balaban J connectivity index is 2.63. The molecule has 0 aromatic heterocycles. The fourth-order valence-electron chi connectivity index (χ4n) is 2.74. The molecule has 0 aromatic rings. The zero-order valence-corrected chi connectivity index (χ0v) is 14.1. The molecule has 5 heteroatoms. The fraction of sp³-hybridized carbons (Fsp3) is 0.875. The Kier molecular flexibility index (Phi) is 6.49. The summed E-state index contributed by atoms with van der Waals surface area (Å²) in [6.45, 7) is 5.45. The van der Waals surface area contributed by atoms with Gasteiger partial charge in [-0.1, -0.05) is 32.1 Å². The SMILES string of the molecule is CN(C)C(=O)[C@H](CC1CCCCC1)NC(=O)OC(C)(C)C. The van der Waals surface area contributed by atoms with Gasteiger partial charge in [0.2, 0.25) is 5.91 Å². The lowest BCUT2D eigenvalue weighted by atomic mass is 9.84. The van der Waals surface area contributed by atoms with Crippen LogP contribution in [0, 0.1) is 5.92 Å². The average molecular weight is 298 g/mol. The van der Waals surface area contributed by atoms with E-state index in [1.54, 1.807) is 14.1 Å². The highest BCUT2D eigenvalue weighted by molar-refractivity contribution is 5.85. The maximum Gasteiger partial charge on any atom is 0.408 e. The maximum atomic E-state index is 12.3. The first-order chi connectivity index (χ1) is 9.69. The highest BCUT2D eigenvalue weighted by atomic mass is 16.6. The third-order valence-corrected chi connectivity index (χ3v) is 3.72. The van der Waals surface area contributed by atoms with Gasteiger partial charge in [0.15, 0.2) is 0 Å². The van der Waals surface area contributed by atoms with Crippen LogP contribution < -0.4 is 5.32 Å². The van der Waals surface area contributed by atoms with Crippen LogP contribution in [0.15, 0.2) is 0 Å². The van der Waals surface area contributed by atoms with Crippen molar-refractivity contribution in [3.63, 3.8) is 0 Å². The molecule has 21 heavy (non-hydrogen) atoms. The first-order valence-electron chi connectivity index (χ1n) is 7.89. The van der Waals surface area contributed by atoms with Crippen LogP contribution in [0.4, 0.5) is 4.79 Å². The second-order valence-corrected chi connectivity index (χ2v) is 7.17. The summed E-state index contributed by atoms with van der Waals surface area (Å²) in [5.74, 6) is 0.453. The molecule has 0 aliphatic heterocycles. The second-order valence-electron chi connectivity index (χ2n) is 7.17. The summed E-state index contributed by atoms with van der Waals surface area (Å²) in [6.07, 6.45) is 6.21. The van der Waals surface area contributed by atoms with E-state index in [9.17, 15) is 9.59 Å². The Labute approximate surface area is 128 Å². The Morgan fingerprint density at radius 2 is 1.76 bits per heavy atom. The molecule has 0 spiro atoms. The van der Waals surface area contributed by atoms with Crippen LogP contribution in [0.2, 0.25) is 0 Å². The number of likely N-dealkylation sites (N-methyl/N-ethyl adjacent to an activating group) is 1. The van der Waals surface area contributed by atoms with Crippen molar-refractivity contribution in [1.29, 1.82) is 0 Å². The van der Waals surface area contributed by atoms with Gasteiger partial charge in [-0.2, -0.15) is 0 Å². The number of alkyl carbamates (subject to hydrolysis) is 1. The molecule has 0 unspecified atom stereocenters. The highest BCUT2D eigenvalue weighted by Crippen LogP contribution is 2.27. The number of nitrogens with zero attached hydrogens (tertiary/aromatic N) is 1. The van der Waals surface area contributed by atoms with Gasteiger partial charge in [0.05, 0.1) is 0 Å². The number of rotatable bonds is 4. The van der Waals surface area contributed by atoms with Crippen molar-refractivity contribution >= 4 is 12.0 Å². The van der Waals surface area contributed by atoms with Crippen molar-refractivity contribution in [3.8, 4) is 0 Å². The topological polar surface area (TPSA) is 58.6 Å². The van der Waals surface area contributed by atoms with E-state index in [-0.39, 0.29) is 5.91 Å². The third-order valence-electron chi connectivity index (χ3n) is 3.72. The molecule has 122 valence electrons. The quantitative estimate of drug-likeness (QED) is 0.868. The fourth-order valence-corrected chi connectivity index (χ4v) is 2.74. The number of hydrogen-bond acceptors (Lipinski definition) is 3. The molecule has 0 aromatic carbocycles. The van der Waals surface area contributed by atoms with Crippen LogP contribution in [0.1, 0.15) is 59.3 Å². The maximum absolute atomic E-state index is 12.3. The molecule has 0 bridgehead atoms. The smallest absolute Gasteiger partial charge is 0.408 e. The van der Waals surface area contributed by atoms with E-state index < -0.39 is 17.7 Å². The van der Waals surface area contributed by atoms with E-state index in [1.165, 1.54) is 24.2 Å². The number of ether oxygens (including phenoxy) is 1. The van der Waals surface area contributed by atoms with Gasteiger partial charge in [-0.25, -0.2) is 4.79 Å². The van der Waals surface area contributed by atoms with Crippen LogP contribution >= 0.6 is 0 Å². The molecule has 1 saturated carbocycles. The Hall–Kier alpha value is -1.26. The summed E-state index contributed by atoms with van der Waals surface area (Å²) in [6, 6.07) is -0.488. The van der Waals surface area contributed by atoms with E-state index in [2.05, 4.69) is 5.32 Å². The van der Waals surface area contributed by atoms with Gasteiger partial charge in [-0.3, -0.25) is 4.79 Å². The summed E-state index contributed by atoms with van der Waals surface area (Å²) in [5, 5.41) is 2.75. The molecule has 5 nitrogen and oxygen atoms in total. The molecule has 1 aliphatic rings. The Morgan fingerprint density at radius 1 is 1.19 bits per heavy atom. The molecular weight excluding hydrogens is 268 g/mol. The molecule has 1 aliphatic carbocycles. The van der Waals surface area contributed by atoms with Gasteiger partial charge in [-0.15, -0.1) is 0 Å².